The molecule has 0 unspecified atom stereocenters. The number of halogens is 1. The molecule has 6 nitrogen and oxygen atoms in total. The van der Waals surface area contributed by atoms with Gasteiger partial charge in [-0.2, -0.15) is 0 Å². The normalized spacial score (nSPS) is 10.1. The fourth-order valence-electron chi connectivity index (χ4n) is 1.32. The van der Waals surface area contributed by atoms with Crippen LogP contribution in [0.15, 0.2) is 41.1 Å². The summed E-state index contributed by atoms with van der Waals surface area (Å²) in [7, 11) is 0. The van der Waals surface area contributed by atoms with E-state index in [1.165, 1.54) is 24.4 Å². The number of nitrogens with zero attached hydrogens (tertiary/aromatic N) is 2. The highest BCUT2D eigenvalue weighted by molar-refractivity contribution is 9.10. The summed E-state index contributed by atoms with van der Waals surface area (Å²) in [5, 5.41) is 10.6. The average molecular weight is 310 g/mol. The average Bonchev–Trinajstić information content (AvgIpc) is 2.31. The smallest absolute Gasteiger partial charge is 0.271 e. The largest absolute Gasteiger partial charge is 0.454 e. The first-order valence-corrected chi connectivity index (χ1v) is 5.68. The maximum absolute atomic E-state index is 10.6. The third-order valence-corrected chi connectivity index (χ3v) is 2.55. The van der Waals surface area contributed by atoms with Gasteiger partial charge in [0, 0.05) is 22.8 Å². The van der Waals surface area contributed by atoms with Gasteiger partial charge >= 0.3 is 0 Å². The minimum atomic E-state index is -0.513. The van der Waals surface area contributed by atoms with Crippen LogP contribution in [-0.4, -0.2) is 9.91 Å². The minimum Gasteiger partial charge on any atom is -0.454 e. The highest BCUT2D eigenvalue weighted by Gasteiger charge is 2.10. The Hall–Kier alpha value is -2.15. The van der Waals surface area contributed by atoms with E-state index >= 15 is 0 Å². The number of anilines is 1. The third-order valence-electron chi connectivity index (χ3n) is 2.11. The van der Waals surface area contributed by atoms with Gasteiger partial charge in [0.05, 0.1) is 16.8 Å². The van der Waals surface area contributed by atoms with Crippen molar-refractivity contribution in [3.05, 3.63) is 51.2 Å². The molecule has 1 aromatic carbocycles. The van der Waals surface area contributed by atoms with Crippen LogP contribution in [0.1, 0.15) is 0 Å². The minimum absolute atomic E-state index is 0.0767. The lowest BCUT2D eigenvalue weighted by atomic mass is 10.2. The molecule has 0 saturated carbocycles. The molecule has 0 saturated heterocycles. The lowest BCUT2D eigenvalue weighted by molar-refractivity contribution is -0.384. The van der Waals surface area contributed by atoms with Crippen molar-refractivity contribution in [1.29, 1.82) is 0 Å². The molecule has 92 valence electrons. The van der Waals surface area contributed by atoms with Crippen LogP contribution in [0, 0.1) is 10.1 Å². The molecule has 0 radical (unpaired) electrons. The predicted octanol–water partition coefficient (Wildman–Crippen LogP) is 3.13. The molecule has 0 atom stereocenters. The van der Waals surface area contributed by atoms with Crippen molar-refractivity contribution in [3.8, 4) is 11.5 Å². The van der Waals surface area contributed by atoms with E-state index in [9.17, 15) is 10.1 Å². The molecule has 0 aliphatic rings. The van der Waals surface area contributed by atoms with Crippen LogP contribution in [0.3, 0.4) is 0 Å². The van der Waals surface area contributed by atoms with Crippen molar-refractivity contribution in [3.63, 3.8) is 0 Å². The highest BCUT2D eigenvalue weighted by atomic mass is 79.9. The van der Waals surface area contributed by atoms with Gasteiger partial charge in [-0.3, -0.25) is 15.1 Å². The molecule has 7 heteroatoms. The number of aromatic nitrogens is 1. The summed E-state index contributed by atoms with van der Waals surface area (Å²) in [6.45, 7) is 0. The topological polar surface area (TPSA) is 91.3 Å². The lowest BCUT2D eigenvalue weighted by Crippen LogP contribution is -1.95. The van der Waals surface area contributed by atoms with Gasteiger partial charge in [0.25, 0.3) is 5.69 Å². The first-order chi connectivity index (χ1) is 8.56. The number of ether oxygens (including phenoxy) is 1. The number of nitrogens with two attached hydrogens (primary N) is 1. The summed E-state index contributed by atoms with van der Waals surface area (Å²) in [6, 6.07) is 5.75. The van der Waals surface area contributed by atoms with Crippen molar-refractivity contribution < 1.29 is 9.66 Å². The highest BCUT2D eigenvalue weighted by Crippen LogP contribution is 2.30. The van der Waals surface area contributed by atoms with Gasteiger partial charge in [-0.25, -0.2) is 0 Å². The van der Waals surface area contributed by atoms with Crippen molar-refractivity contribution >= 4 is 27.3 Å². The monoisotopic (exact) mass is 309 g/mol. The molecule has 2 N–H and O–H groups in total. The zero-order valence-corrected chi connectivity index (χ0v) is 10.6. The van der Waals surface area contributed by atoms with Crippen molar-refractivity contribution in [2.75, 3.05) is 5.73 Å². The summed E-state index contributed by atoms with van der Waals surface area (Å²) in [5.74, 6) is 0.838. The molecular formula is C11H8BrN3O3. The lowest BCUT2D eigenvalue weighted by Gasteiger charge is -2.07. The fraction of sp³-hybridized carbons (Fsp3) is 0. The zero-order chi connectivity index (χ0) is 13.1. The maximum atomic E-state index is 10.6. The number of nitrogen functional groups attached to an aromatic ring is 1. The molecule has 0 aliphatic carbocycles. The summed E-state index contributed by atoms with van der Waals surface area (Å²) in [5.41, 5.74) is 5.81. The molecule has 0 amide bonds. The Labute approximate surface area is 111 Å². The van der Waals surface area contributed by atoms with Gasteiger partial charge < -0.3 is 10.5 Å². The molecule has 2 rings (SSSR count). The second kappa shape index (κ2) is 5.01. The fourth-order valence-corrected chi connectivity index (χ4v) is 1.66. The third kappa shape index (κ3) is 2.75. The molecule has 0 bridgehead atoms. The summed E-state index contributed by atoms with van der Waals surface area (Å²) in [4.78, 5) is 14.0. The number of pyridine rings is 1. The Kier molecular flexibility index (Phi) is 3.42. The van der Waals surface area contributed by atoms with Gasteiger partial charge in [-0.15, -0.1) is 0 Å². The molecule has 2 aromatic rings. The van der Waals surface area contributed by atoms with Gasteiger partial charge in [0.2, 0.25) is 0 Å². The second-order valence-corrected chi connectivity index (χ2v) is 4.34. The summed E-state index contributed by atoms with van der Waals surface area (Å²) in [6.07, 6.45) is 3.14. The molecule has 0 fully saturated rings. The van der Waals surface area contributed by atoms with E-state index in [4.69, 9.17) is 10.5 Å². The number of non-ortho nitro benzene ring substituents is 1. The first kappa shape index (κ1) is 12.3. The van der Waals surface area contributed by atoms with Crippen LogP contribution in [0.4, 0.5) is 11.4 Å². The predicted molar refractivity (Wildman–Crippen MR) is 69.5 cm³/mol. The van der Waals surface area contributed by atoms with E-state index in [0.29, 0.717) is 11.5 Å². The Balaban J connectivity index is 2.27. The molecule has 18 heavy (non-hydrogen) atoms. The van der Waals surface area contributed by atoms with Crippen molar-refractivity contribution in [2.45, 2.75) is 0 Å². The Morgan fingerprint density at radius 3 is 2.72 bits per heavy atom. The van der Waals surface area contributed by atoms with Gasteiger partial charge in [-0.05, 0) is 28.1 Å². The van der Waals surface area contributed by atoms with E-state index in [-0.39, 0.29) is 11.4 Å². The van der Waals surface area contributed by atoms with E-state index in [2.05, 4.69) is 20.9 Å². The van der Waals surface area contributed by atoms with Gasteiger partial charge in [0.15, 0.2) is 5.75 Å². The standard InChI is InChI=1S/C11H8BrN3O3/c12-7-3-9(6-14-5-7)18-11-2-1-8(15(16)17)4-10(11)13/h1-6H,13H2. The van der Waals surface area contributed by atoms with Crippen molar-refractivity contribution in [1.82, 2.24) is 4.98 Å². The number of benzene rings is 1. The summed E-state index contributed by atoms with van der Waals surface area (Å²) < 4.78 is 6.25. The van der Waals surface area contributed by atoms with E-state index < -0.39 is 4.92 Å². The Morgan fingerprint density at radius 1 is 1.33 bits per heavy atom. The summed E-state index contributed by atoms with van der Waals surface area (Å²) >= 11 is 3.26. The van der Waals surface area contributed by atoms with E-state index in [0.717, 1.165) is 4.47 Å². The second-order valence-electron chi connectivity index (χ2n) is 3.42. The molecule has 0 spiro atoms. The SMILES string of the molecule is Nc1cc([N+](=O)[O-])ccc1Oc1cncc(Br)c1. The number of rotatable bonds is 3. The van der Waals surface area contributed by atoms with E-state index in [1.54, 1.807) is 12.3 Å². The molecule has 1 heterocycles. The van der Waals surface area contributed by atoms with Gasteiger partial charge in [-0.1, -0.05) is 0 Å². The van der Waals surface area contributed by atoms with Crippen LogP contribution >= 0.6 is 15.9 Å². The van der Waals surface area contributed by atoms with Crippen LogP contribution in [0.5, 0.6) is 11.5 Å². The number of hydrogen-bond donors (Lipinski definition) is 1. The van der Waals surface area contributed by atoms with Crippen LogP contribution in [0.25, 0.3) is 0 Å². The van der Waals surface area contributed by atoms with E-state index in [1.807, 2.05) is 0 Å². The quantitative estimate of drug-likeness (QED) is 0.534. The van der Waals surface area contributed by atoms with Gasteiger partial charge in [0.1, 0.15) is 5.75 Å². The number of hydrogen-bond acceptors (Lipinski definition) is 5. The Bertz CT molecular complexity index is 604. The van der Waals surface area contributed by atoms with Crippen LogP contribution in [-0.2, 0) is 0 Å². The molecule has 0 aliphatic heterocycles. The van der Waals surface area contributed by atoms with Crippen LogP contribution < -0.4 is 10.5 Å². The maximum Gasteiger partial charge on any atom is 0.271 e. The van der Waals surface area contributed by atoms with Crippen molar-refractivity contribution in [2.24, 2.45) is 0 Å². The molecule has 1 aromatic heterocycles. The number of nitro benzene ring substituents is 1. The molecular weight excluding hydrogens is 302 g/mol. The van der Waals surface area contributed by atoms with Crippen LogP contribution in [0.2, 0.25) is 0 Å². The number of nitro groups is 1. The first-order valence-electron chi connectivity index (χ1n) is 4.88. The zero-order valence-electron chi connectivity index (χ0n) is 9.04. The Morgan fingerprint density at radius 2 is 2.11 bits per heavy atom.